The van der Waals surface area contributed by atoms with Crippen molar-refractivity contribution in [2.45, 2.75) is 13.1 Å². The number of rotatable bonds is 1. The van der Waals surface area contributed by atoms with Crippen LogP contribution in [0.4, 0.5) is 13.2 Å². The molecule has 0 saturated heterocycles. The van der Waals surface area contributed by atoms with Crippen LogP contribution in [0.5, 0.6) is 0 Å². The Labute approximate surface area is 85.5 Å². The first-order chi connectivity index (χ1) is 6.95. The van der Waals surface area contributed by atoms with Gasteiger partial charge >= 0.3 is 6.18 Å². The molecule has 0 N–H and O–H groups in total. The second-order valence-electron chi connectivity index (χ2n) is 3.04. The van der Waals surface area contributed by atoms with Crippen LogP contribution in [0, 0.1) is 11.3 Å². The first kappa shape index (κ1) is 11.3. The van der Waals surface area contributed by atoms with Gasteiger partial charge in [0.05, 0.1) is 11.6 Å². The van der Waals surface area contributed by atoms with Crippen molar-refractivity contribution in [3.8, 4) is 6.07 Å². The Balaban J connectivity index is 3.15. The lowest BCUT2D eigenvalue weighted by molar-refractivity contribution is -0.137. The van der Waals surface area contributed by atoms with E-state index in [4.69, 9.17) is 5.26 Å². The molecule has 1 aromatic carbocycles. The Hall–Kier alpha value is -1.76. The molecule has 0 heterocycles. The number of halogens is 3. The summed E-state index contributed by atoms with van der Waals surface area (Å²) >= 11 is 0. The fourth-order valence-corrected chi connectivity index (χ4v) is 1.12. The highest BCUT2D eigenvalue weighted by molar-refractivity contribution is 5.66. The molecule has 0 spiro atoms. The third-order valence-corrected chi connectivity index (χ3v) is 1.93. The predicted octanol–water partition coefficient (Wildman–Crippen LogP) is 3.63. The van der Waals surface area contributed by atoms with E-state index in [9.17, 15) is 13.2 Å². The molecule has 0 unspecified atom stereocenters. The molecule has 4 heteroatoms. The molecule has 15 heavy (non-hydrogen) atoms. The maximum absolute atomic E-state index is 12.3. The molecule has 0 atom stereocenters. The second-order valence-corrected chi connectivity index (χ2v) is 3.04. The monoisotopic (exact) mass is 211 g/mol. The van der Waals surface area contributed by atoms with E-state index in [1.54, 1.807) is 19.1 Å². The second kappa shape index (κ2) is 4.18. The van der Waals surface area contributed by atoms with Crippen LogP contribution < -0.4 is 0 Å². The molecular formula is C11H8F3N. The van der Waals surface area contributed by atoms with Gasteiger partial charge in [-0.3, -0.25) is 0 Å². The number of hydrogen-bond acceptors (Lipinski definition) is 1. The van der Waals surface area contributed by atoms with Gasteiger partial charge < -0.3 is 0 Å². The highest BCUT2D eigenvalue weighted by atomic mass is 19.4. The minimum absolute atomic E-state index is 0.409. The zero-order chi connectivity index (χ0) is 11.5. The van der Waals surface area contributed by atoms with E-state index in [2.05, 4.69) is 0 Å². The van der Waals surface area contributed by atoms with Crippen LogP contribution >= 0.6 is 0 Å². The van der Waals surface area contributed by atoms with Crippen molar-refractivity contribution in [2.24, 2.45) is 0 Å². The molecule has 0 bridgehead atoms. The van der Waals surface area contributed by atoms with E-state index in [1.807, 2.05) is 0 Å². The van der Waals surface area contributed by atoms with Crippen molar-refractivity contribution < 1.29 is 13.2 Å². The fraction of sp³-hybridized carbons (Fsp3) is 0.182. The number of benzene rings is 1. The van der Waals surface area contributed by atoms with Gasteiger partial charge in [0.25, 0.3) is 0 Å². The number of hydrogen-bond donors (Lipinski definition) is 0. The van der Waals surface area contributed by atoms with Gasteiger partial charge in [-0.15, -0.1) is 0 Å². The van der Waals surface area contributed by atoms with Crippen LogP contribution in [0.1, 0.15) is 18.1 Å². The lowest BCUT2D eigenvalue weighted by Crippen LogP contribution is -2.04. The van der Waals surface area contributed by atoms with Gasteiger partial charge in [0.1, 0.15) is 0 Å². The minimum atomic E-state index is -4.34. The zero-order valence-electron chi connectivity index (χ0n) is 7.97. The Bertz CT molecular complexity index is 424. The van der Waals surface area contributed by atoms with Crippen molar-refractivity contribution in [1.82, 2.24) is 0 Å². The third-order valence-electron chi connectivity index (χ3n) is 1.93. The van der Waals surface area contributed by atoms with Gasteiger partial charge in [0.2, 0.25) is 0 Å². The normalized spacial score (nSPS) is 12.3. The largest absolute Gasteiger partial charge is 0.416 e. The zero-order valence-corrected chi connectivity index (χ0v) is 7.97. The lowest BCUT2D eigenvalue weighted by Gasteiger charge is -2.08. The smallest absolute Gasteiger partial charge is 0.193 e. The van der Waals surface area contributed by atoms with E-state index < -0.39 is 11.7 Å². The summed E-state index contributed by atoms with van der Waals surface area (Å²) < 4.78 is 37.0. The van der Waals surface area contributed by atoms with Crippen molar-refractivity contribution in [3.63, 3.8) is 0 Å². The molecule has 1 rings (SSSR count). The maximum Gasteiger partial charge on any atom is 0.416 e. The highest BCUT2D eigenvalue weighted by Crippen LogP contribution is 2.30. The molecule has 0 fully saturated rings. The van der Waals surface area contributed by atoms with E-state index in [0.29, 0.717) is 11.1 Å². The summed E-state index contributed by atoms with van der Waals surface area (Å²) in [5, 5.41) is 8.38. The van der Waals surface area contributed by atoms with Crippen LogP contribution in [0.3, 0.4) is 0 Å². The SMILES string of the molecule is CC(=CC#N)c1cccc(C(F)(F)F)c1. The van der Waals surface area contributed by atoms with Gasteiger partial charge in [-0.2, -0.15) is 18.4 Å². The first-order valence-electron chi connectivity index (χ1n) is 4.19. The summed E-state index contributed by atoms with van der Waals surface area (Å²) in [7, 11) is 0. The number of nitriles is 1. The fourth-order valence-electron chi connectivity index (χ4n) is 1.12. The third kappa shape index (κ3) is 2.84. The Morgan fingerprint density at radius 1 is 1.40 bits per heavy atom. The van der Waals surface area contributed by atoms with Crippen LogP contribution in [-0.2, 0) is 6.18 Å². The van der Waals surface area contributed by atoms with Gasteiger partial charge in [-0.1, -0.05) is 12.1 Å². The number of allylic oxidation sites excluding steroid dienone is 2. The molecule has 0 aliphatic rings. The van der Waals surface area contributed by atoms with Crippen LogP contribution in [0.25, 0.3) is 5.57 Å². The minimum Gasteiger partial charge on any atom is -0.193 e. The molecule has 0 aliphatic carbocycles. The van der Waals surface area contributed by atoms with Gasteiger partial charge in [-0.25, -0.2) is 0 Å². The summed E-state index contributed by atoms with van der Waals surface area (Å²) in [6.07, 6.45) is -3.13. The van der Waals surface area contributed by atoms with E-state index >= 15 is 0 Å². The van der Waals surface area contributed by atoms with Gasteiger partial charge in [0.15, 0.2) is 0 Å². The highest BCUT2D eigenvalue weighted by Gasteiger charge is 2.30. The number of alkyl halides is 3. The van der Waals surface area contributed by atoms with E-state index in [0.717, 1.165) is 12.1 Å². The van der Waals surface area contributed by atoms with Crippen molar-refractivity contribution in [2.75, 3.05) is 0 Å². The van der Waals surface area contributed by atoms with Crippen LogP contribution in [0.15, 0.2) is 30.3 Å². The Morgan fingerprint density at radius 3 is 2.60 bits per heavy atom. The average Bonchev–Trinajstić information content (AvgIpc) is 2.17. The number of nitrogens with zero attached hydrogens (tertiary/aromatic N) is 1. The summed E-state index contributed by atoms with van der Waals surface area (Å²) in [5.41, 5.74) is 0.223. The molecule has 0 saturated carbocycles. The molecule has 1 nitrogen and oxygen atoms in total. The van der Waals surface area contributed by atoms with Crippen LogP contribution in [0.2, 0.25) is 0 Å². The predicted molar refractivity (Wildman–Crippen MR) is 50.7 cm³/mol. The van der Waals surface area contributed by atoms with Crippen LogP contribution in [-0.4, -0.2) is 0 Å². The lowest BCUT2D eigenvalue weighted by atomic mass is 10.0. The van der Waals surface area contributed by atoms with Gasteiger partial charge in [-0.05, 0) is 30.2 Å². The molecule has 0 radical (unpaired) electrons. The van der Waals surface area contributed by atoms with Crippen molar-refractivity contribution >= 4 is 5.57 Å². The first-order valence-corrected chi connectivity index (χ1v) is 4.19. The molecule has 1 aromatic rings. The average molecular weight is 211 g/mol. The molecule has 78 valence electrons. The standard InChI is InChI=1S/C11H8F3N/c1-8(5-6-15)9-3-2-4-10(7-9)11(12,13)14/h2-5,7H,1H3. The van der Waals surface area contributed by atoms with Gasteiger partial charge in [0, 0.05) is 6.08 Å². The van der Waals surface area contributed by atoms with E-state index in [1.165, 1.54) is 12.1 Å². The molecule has 0 amide bonds. The topological polar surface area (TPSA) is 23.8 Å². The summed E-state index contributed by atoms with van der Waals surface area (Å²) in [5.74, 6) is 0. The Morgan fingerprint density at radius 2 is 2.07 bits per heavy atom. The Kier molecular flexibility index (Phi) is 3.15. The molecular weight excluding hydrogens is 203 g/mol. The van der Waals surface area contributed by atoms with Crippen molar-refractivity contribution in [1.29, 1.82) is 5.26 Å². The van der Waals surface area contributed by atoms with Crippen molar-refractivity contribution in [3.05, 3.63) is 41.5 Å². The van der Waals surface area contributed by atoms with E-state index in [-0.39, 0.29) is 0 Å². The maximum atomic E-state index is 12.3. The quantitative estimate of drug-likeness (QED) is 0.650. The summed E-state index contributed by atoms with van der Waals surface area (Å²) in [6, 6.07) is 6.68. The molecule has 0 aliphatic heterocycles. The summed E-state index contributed by atoms with van der Waals surface area (Å²) in [4.78, 5) is 0. The molecule has 0 aromatic heterocycles. The summed E-state index contributed by atoms with van der Waals surface area (Å²) in [6.45, 7) is 1.60.